The smallest absolute Gasteiger partial charge is 0.241 e. The molecule has 2 N–H and O–H groups in total. The Morgan fingerprint density at radius 1 is 0.926 bits per heavy atom. The van der Waals surface area contributed by atoms with Crippen molar-refractivity contribution in [1.29, 1.82) is 0 Å². The van der Waals surface area contributed by atoms with Crippen molar-refractivity contribution in [2.75, 3.05) is 10.6 Å². The van der Waals surface area contributed by atoms with Gasteiger partial charge in [0, 0.05) is 23.2 Å². The van der Waals surface area contributed by atoms with Gasteiger partial charge in [0.2, 0.25) is 11.8 Å². The molecule has 1 heterocycles. The van der Waals surface area contributed by atoms with E-state index in [1.807, 2.05) is 48.5 Å². The summed E-state index contributed by atoms with van der Waals surface area (Å²) in [4.78, 5) is 30.6. The second-order valence-corrected chi connectivity index (χ2v) is 7.77. The molecule has 27 heavy (non-hydrogen) atoms. The van der Waals surface area contributed by atoms with Gasteiger partial charge < -0.3 is 10.6 Å². The molecular weight excluding hydrogens is 358 g/mol. The summed E-state index contributed by atoms with van der Waals surface area (Å²) in [5.74, 6) is -0.538. The molecule has 2 aromatic carbocycles. The van der Waals surface area contributed by atoms with E-state index in [0.717, 1.165) is 11.3 Å². The molecule has 5 nitrogen and oxygen atoms in total. The second-order valence-electron chi connectivity index (χ2n) is 6.65. The standard InChI is InChI=1S/C21H19N3O2S/c25-18(23-16-9-5-2-6-10-16)21(11-12-21)19(26)24-20-22-14-17(27-20)13-15-7-3-1-4-8-15/h1-10,14H,11-13H2,(H,23,25)(H,22,24,26). The third-order valence-electron chi connectivity index (χ3n) is 4.65. The average molecular weight is 377 g/mol. The van der Waals surface area contributed by atoms with E-state index in [1.54, 1.807) is 6.20 Å². The molecule has 6 heteroatoms. The largest absolute Gasteiger partial charge is 0.325 e. The van der Waals surface area contributed by atoms with Gasteiger partial charge in [-0.3, -0.25) is 9.59 Å². The number of thiazole rings is 1. The van der Waals surface area contributed by atoms with Crippen molar-refractivity contribution in [3.63, 3.8) is 0 Å². The topological polar surface area (TPSA) is 71.1 Å². The Morgan fingerprint density at radius 2 is 1.56 bits per heavy atom. The number of amides is 2. The maximum absolute atomic E-state index is 12.7. The summed E-state index contributed by atoms with van der Waals surface area (Å²) >= 11 is 1.44. The predicted molar refractivity (Wildman–Crippen MR) is 107 cm³/mol. The van der Waals surface area contributed by atoms with Crippen LogP contribution in [0, 0.1) is 5.41 Å². The molecule has 0 bridgehead atoms. The number of hydrogen-bond acceptors (Lipinski definition) is 4. The summed E-state index contributed by atoms with van der Waals surface area (Å²) < 4.78 is 0. The minimum absolute atomic E-state index is 0.257. The van der Waals surface area contributed by atoms with Gasteiger partial charge >= 0.3 is 0 Å². The summed E-state index contributed by atoms with van der Waals surface area (Å²) in [5, 5.41) is 6.19. The molecule has 1 aliphatic carbocycles. The SMILES string of the molecule is O=C(Nc1ccccc1)C1(C(=O)Nc2ncc(Cc3ccccc3)s2)CC1. The maximum Gasteiger partial charge on any atom is 0.241 e. The normalized spacial score (nSPS) is 14.4. The van der Waals surface area contributed by atoms with Crippen molar-refractivity contribution in [1.82, 2.24) is 4.98 Å². The van der Waals surface area contributed by atoms with Gasteiger partial charge in [-0.2, -0.15) is 0 Å². The molecular formula is C21H19N3O2S. The summed E-state index contributed by atoms with van der Waals surface area (Å²) in [6, 6.07) is 19.3. The van der Waals surface area contributed by atoms with E-state index in [1.165, 1.54) is 16.9 Å². The van der Waals surface area contributed by atoms with Crippen molar-refractivity contribution in [2.24, 2.45) is 5.41 Å². The fourth-order valence-corrected chi connectivity index (χ4v) is 3.76. The third-order valence-corrected chi connectivity index (χ3v) is 5.56. The van der Waals surface area contributed by atoms with E-state index in [9.17, 15) is 9.59 Å². The lowest BCUT2D eigenvalue weighted by atomic mass is 10.1. The fraction of sp³-hybridized carbons (Fsp3) is 0.190. The molecule has 2 amide bonds. The van der Waals surface area contributed by atoms with Crippen LogP contribution in [0.3, 0.4) is 0 Å². The van der Waals surface area contributed by atoms with Crippen molar-refractivity contribution in [3.05, 3.63) is 77.3 Å². The highest BCUT2D eigenvalue weighted by Crippen LogP contribution is 2.47. The Kier molecular flexibility index (Phi) is 4.73. The molecule has 0 unspecified atom stereocenters. The van der Waals surface area contributed by atoms with Crippen molar-refractivity contribution < 1.29 is 9.59 Å². The van der Waals surface area contributed by atoms with Crippen LogP contribution in [0.2, 0.25) is 0 Å². The summed E-state index contributed by atoms with van der Waals surface area (Å²) in [5.41, 5.74) is 0.905. The molecule has 0 atom stereocenters. The lowest BCUT2D eigenvalue weighted by molar-refractivity contribution is -0.131. The highest BCUT2D eigenvalue weighted by molar-refractivity contribution is 7.15. The van der Waals surface area contributed by atoms with E-state index in [2.05, 4.69) is 27.8 Å². The molecule has 0 aliphatic heterocycles. The summed E-state index contributed by atoms with van der Waals surface area (Å²) in [6.07, 6.45) is 3.66. The molecule has 1 aliphatic rings. The first-order valence-corrected chi connectivity index (χ1v) is 9.64. The van der Waals surface area contributed by atoms with Gasteiger partial charge in [0.25, 0.3) is 0 Å². The minimum atomic E-state index is -0.985. The Hall–Kier alpha value is -2.99. The van der Waals surface area contributed by atoms with Crippen LogP contribution in [-0.4, -0.2) is 16.8 Å². The molecule has 3 aromatic rings. The number of anilines is 2. The van der Waals surface area contributed by atoms with Crippen LogP contribution in [0.15, 0.2) is 66.9 Å². The van der Waals surface area contributed by atoms with Gasteiger partial charge in [0.05, 0.1) is 0 Å². The Balaban J connectivity index is 1.39. The van der Waals surface area contributed by atoms with Crippen LogP contribution in [-0.2, 0) is 16.0 Å². The second kappa shape index (κ2) is 7.32. The highest BCUT2D eigenvalue weighted by Gasteiger charge is 2.56. The first-order valence-electron chi connectivity index (χ1n) is 8.82. The number of aromatic nitrogens is 1. The number of para-hydroxylation sites is 1. The van der Waals surface area contributed by atoms with Gasteiger partial charge in [-0.1, -0.05) is 48.5 Å². The zero-order chi connectivity index (χ0) is 18.7. The number of hydrogen-bond donors (Lipinski definition) is 2. The van der Waals surface area contributed by atoms with Gasteiger partial charge in [0.1, 0.15) is 5.41 Å². The van der Waals surface area contributed by atoms with Gasteiger partial charge in [0.15, 0.2) is 5.13 Å². The third kappa shape index (κ3) is 3.90. The predicted octanol–water partition coefficient (Wildman–Crippen LogP) is 4.09. The number of nitrogens with zero attached hydrogens (tertiary/aromatic N) is 1. The van der Waals surface area contributed by atoms with Crippen molar-refractivity contribution in [2.45, 2.75) is 19.3 Å². The average Bonchev–Trinajstić information content (AvgIpc) is 3.40. The lowest BCUT2D eigenvalue weighted by Crippen LogP contribution is -2.35. The molecule has 4 rings (SSSR count). The zero-order valence-electron chi connectivity index (χ0n) is 14.6. The Morgan fingerprint density at radius 3 is 2.22 bits per heavy atom. The van der Waals surface area contributed by atoms with Crippen LogP contribution in [0.4, 0.5) is 10.8 Å². The van der Waals surface area contributed by atoms with E-state index >= 15 is 0 Å². The molecule has 0 saturated heterocycles. The minimum Gasteiger partial charge on any atom is -0.325 e. The highest BCUT2D eigenvalue weighted by atomic mass is 32.1. The van der Waals surface area contributed by atoms with E-state index in [4.69, 9.17) is 0 Å². The molecule has 1 saturated carbocycles. The maximum atomic E-state index is 12.7. The first-order chi connectivity index (χ1) is 13.2. The summed E-state index contributed by atoms with van der Waals surface area (Å²) in [7, 11) is 0. The van der Waals surface area contributed by atoms with Crippen LogP contribution >= 0.6 is 11.3 Å². The van der Waals surface area contributed by atoms with Crippen LogP contribution < -0.4 is 10.6 Å². The van der Waals surface area contributed by atoms with Crippen LogP contribution in [0.25, 0.3) is 0 Å². The monoisotopic (exact) mass is 377 g/mol. The summed E-state index contributed by atoms with van der Waals surface area (Å²) in [6.45, 7) is 0. The molecule has 1 aromatic heterocycles. The van der Waals surface area contributed by atoms with Crippen LogP contribution in [0.5, 0.6) is 0 Å². The quantitative estimate of drug-likeness (QED) is 0.636. The van der Waals surface area contributed by atoms with E-state index in [0.29, 0.717) is 23.7 Å². The molecule has 0 spiro atoms. The number of carbonyl (C=O) groups is 2. The van der Waals surface area contributed by atoms with Crippen molar-refractivity contribution >= 4 is 34.0 Å². The van der Waals surface area contributed by atoms with Crippen LogP contribution in [0.1, 0.15) is 23.3 Å². The van der Waals surface area contributed by atoms with E-state index in [-0.39, 0.29) is 11.8 Å². The number of benzene rings is 2. The number of carbonyl (C=O) groups excluding carboxylic acids is 2. The fourth-order valence-electron chi connectivity index (χ4n) is 2.92. The first kappa shape index (κ1) is 17.4. The number of rotatable bonds is 6. The van der Waals surface area contributed by atoms with E-state index < -0.39 is 5.41 Å². The Labute approximate surface area is 161 Å². The molecule has 0 radical (unpaired) electrons. The number of nitrogens with one attached hydrogen (secondary N) is 2. The van der Waals surface area contributed by atoms with Gasteiger partial charge in [-0.25, -0.2) is 4.98 Å². The van der Waals surface area contributed by atoms with Gasteiger partial charge in [-0.15, -0.1) is 11.3 Å². The van der Waals surface area contributed by atoms with Gasteiger partial charge in [-0.05, 0) is 30.5 Å². The lowest BCUT2D eigenvalue weighted by Gasteiger charge is -2.14. The van der Waals surface area contributed by atoms with Crippen molar-refractivity contribution in [3.8, 4) is 0 Å². The zero-order valence-corrected chi connectivity index (χ0v) is 15.5. The molecule has 1 fully saturated rings. The molecule has 136 valence electrons. The Bertz CT molecular complexity index is 950.